The van der Waals surface area contributed by atoms with Crippen molar-refractivity contribution in [3.8, 4) is 5.75 Å². The van der Waals surface area contributed by atoms with Gasteiger partial charge < -0.3 is 4.74 Å². The summed E-state index contributed by atoms with van der Waals surface area (Å²) in [7, 11) is 0. The van der Waals surface area contributed by atoms with Crippen LogP contribution in [-0.2, 0) is 0 Å². The van der Waals surface area contributed by atoms with Crippen LogP contribution in [0.2, 0.25) is 0 Å². The Bertz CT molecular complexity index is 362. The van der Waals surface area contributed by atoms with Gasteiger partial charge in [0.1, 0.15) is 11.9 Å². The molecular formula is C16H24O. The van der Waals surface area contributed by atoms with E-state index in [1.165, 1.54) is 24.8 Å². The molecule has 0 N–H and O–H groups in total. The van der Waals surface area contributed by atoms with Crippen molar-refractivity contribution in [2.45, 2.75) is 53.1 Å². The largest absolute Gasteiger partial charge is 0.490 e. The molecule has 94 valence electrons. The van der Waals surface area contributed by atoms with Crippen LogP contribution in [-0.4, -0.2) is 6.10 Å². The predicted octanol–water partition coefficient (Wildman–Crippen LogP) is 4.59. The van der Waals surface area contributed by atoms with Crippen LogP contribution in [0.3, 0.4) is 0 Å². The van der Waals surface area contributed by atoms with Crippen molar-refractivity contribution in [3.63, 3.8) is 0 Å². The quantitative estimate of drug-likeness (QED) is 0.738. The van der Waals surface area contributed by atoms with Crippen LogP contribution in [0.15, 0.2) is 24.3 Å². The van der Waals surface area contributed by atoms with E-state index in [0.29, 0.717) is 17.4 Å². The van der Waals surface area contributed by atoms with E-state index in [0.717, 1.165) is 5.75 Å². The Kier molecular flexibility index (Phi) is 3.46. The molecule has 0 amide bonds. The molecule has 1 aromatic rings. The number of rotatable bonds is 4. The van der Waals surface area contributed by atoms with Gasteiger partial charge in [-0.05, 0) is 44.2 Å². The summed E-state index contributed by atoms with van der Waals surface area (Å²) >= 11 is 0. The summed E-state index contributed by atoms with van der Waals surface area (Å²) in [6, 6.07) is 8.43. The van der Waals surface area contributed by atoms with Gasteiger partial charge in [-0.3, -0.25) is 0 Å². The summed E-state index contributed by atoms with van der Waals surface area (Å²) in [4.78, 5) is 0. The second-order valence-corrected chi connectivity index (χ2v) is 5.60. The molecule has 0 aliphatic heterocycles. The van der Waals surface area contributed by atoms with Gasteiger partial charge in [0.15, 0.2) is 0 Å². The van der Waals surface area contributed by atoms with Gasteiger partial charge in [-0.2, -0.15) is 0 Å². The van der Waals surface area contributed by atoms with E-state index in [1.807, 2.05) is 0 Å². The fourth-order valence-corrected chi connectivity index (χ4v) is 3.25. The van der Waals surface area contributed by atoms with Crippen molar-refractivity contribution < 1.29 is 4.74 Å². The van der Waals surface area contributed by atoms with Crippen LogP contribution in [0.25, 0.3) is 0 Å². The van der Waals surface area contributed by atoms with Crippen molar-refractivity contribution in [3.05, 3.63) is 29.8 Å². The van der Waals surface area contributed by atoms with Crippen molar-refractivity contribution in [2.24, 2.45) is 11.3 Å². The lowest BCUT2D eigenvalue weighted by atomic mass is 9.57. The normalized spacial score (nSPS) is 26.4. The zero-order valence-corrected chi connectivity index (χ0v) is 11.5. The molecule has 2 rings (SSSR count). The van der Waals surface area contributed by atoms with Crippen molar-refractivity contribution in [1.29, 1.82) is 0 Å². The molecule has 1 heteroatoms. The first-order chi connectivity index (χ1) is 8.11. The van der Waals surface area contributed by atoms with Gasteiger partial charge in [0.25, 0.3) is 0 Å². The first-order valence-corrected chi connectivity index (χ1v) is 6.84. The lowest BCUT2D eigenvalue weighted by Crippen LogP contribution is -2.54. The average Bonchev–Trinajstić information content (AvgIpc) is 2.35. The Morgan fingerprint density at radius 3 is 2.24 bits per heavy atom. The van der Waals surface area contributed by atoms with E-state index in [4.69, 9.17) is 4.74 Å². The van der Waals surface area contributed by atoms with Crippen molar-refractivity contribution in [2.75, 3.05) is 0 Å². The summed E-state index contributed by atoms with van der Waals surface area (Å²) in [5, 5.41) is 0. The molecule has 0 aromatic heterocycles. The van der Waals surface area contributed by atoms with Crippen molar-refractivity contribution >= 4 is 0 Å². The minimum absolute atomic E-state index is 0.403. The number of benzene rings is 1. The van der Waals surface area contributed by atoms with E-state index >= 15 is 0 Å². The molecule has 1 saturated carbocycles. The molecule has 0 heterocycles. The van der Waals surface area contributed by atoms with Crippen LogP contribution in [0.4, 0.5) is 0 Å². The topological polar surface area (TPSA) is 9.23 Å². The standard InChI is InChI=1S/C16H24O/c1-5-16(6-2)11-13(4)15(16)17-14-9-7-12(3)8-10-14/h7-10,13,15H,5-6,11H2,1-4H3. The monoisotopic (exact) mass is 232 g/mol. The lowest BCUT2D eigenvalue weighted by molar-refractivity contribution is -0.101. The molecule has 2 atom stereocenters. The zero-order valence-electron chi connectivity index (χ0n) is 11.5. The fourth-order valence-electron chi connectivity index (χ4n) is 3.25. The SMILES string of the molecule is CCC1(CC)CC(C)C1Oc1ccc(C)cc1. The first kappa shape index (κ1) is 12.5. The Balaban J connectivity index is 2.09. The second kappa shape index (κ2) is 4.72. The summed E-state index contributed by atoms with van der Waals surface area (Å²) in [5.74, 6) is 1.72. The number of ether oxygens (including phenoxy) is 1. The average molecular weight is 232 g/mol. The van der Waals surface area contributed by atoms with Gasteiger partial charge in [-0.1, -0.05) is 38.5 Å². The molecule has 1 fully saturated rings. The number of hydrogen-bond donors (Lipinski definition) is 0. The highest BCUT2D eigenvalue weighted by atomic mass is 16.5. The molecule has 17 heavy (non-hydrogen) atoms. The third-order valence-corrected chi connectivity index (χ3v) is 4.54. The second-order valence-electron chi connectivity index (χ2n) is 5.60. The molecule has 0 saturated heterocycles. The summed E-state index contributed by atoms with van der Waals surface area (Å²) in [5.41, 5.74) is 1.71. The van der Waals surface area contributed by atoms with Crippen LogP contribution in [0.5, 0.6) is 5.75 Å². The number of hydrogen-bond acceptors (Lipinski definition) is 1. The Morgan fingerprint density at radius 2 is 1.76 bits per heavy atom. The third-order valence-electron chi connectivity index (χ3n) is 4.54. The maximum atomic E-state index is 6.22. The fraction of sp³-hybridized carbons (Fsp3) is 0.625. The highest BCUT2D eigenvalue weighted by Gasteiger charge is 2.51. The van der Waals surface area contributed by atoms with Gasteiger partial charge >= 0.3 is 0 Å². The smallest absolute Gasteiger partial charge is 0.119 e. The van der Waals surface area contributed by atoms with Crippen molar-refractivity contribution in [1.82, 2.24) is 0 Å². The van der Waals surface area contributed by atoms with E-state index in [2.05, 4.69) is 52.0 Å². The summed E-state index contributed by atoms with van der Waals surface area (Å²) in [6.45, 7) is 9.00. The number of aryl methyl sites for hydroxylation is 1. The molecule has 1 aliphatic carbocycles. The molecule has 1 aliphatic rings. The van der Waals surface area contributed by atoms with E-state index < -0.39 is 0 Å². The van der Waals surface area contributed by atoms with Gasteiger partial charge in [0.2, 0.25) is 0 Å². The Labute approximate surface area is 105 Å². The van der Waals surface area contributed by atoms with Crippen LogP contribution >= 0.6 is 0 Å². The van der Waals surface area contributed by atoms with Gasteiger partial charge in [-0.25, -0.2) is 0 Å². The maximum absolute atomic E-state index is 6.22. The van der Waals surface area contributed by atoms with E-state index in [-0.39, 0.29) is 0 Å². The molecule has 1 nitrogen and oxygen atoms in total. The Morgan fingerprint density at radius 1 is 1.18 bits per heavy atom. The van der Waals surface area contributed by atoms with Crippen LogP contribution < -0.4 is 4.74 Å². The molecule has 2 unspecified atom stereocenters. The molecule has 0 spiro atoms. The molecular weight excluding hydrogens is 208 g/mol. The lowest BCUT2D eigenvalue weighted by Gasteiger charge is -2.53. The van der Waals surface area contributed by atoms with Crippen LogP contribution in [0, 0.1) is 18.3 Å². The van der Waals surface area contributed by atoms with E-state index in [9.17, 15) is 0 Å². The van der Waals surface area contributed by atoms with E-state index in [1.54, 1.807) is 0 Å². The summed E-state index contributed by atoms with van der Waals surface area (Å²) < 4.78 is 6.22. The third kappa shape index (κ3) is 2.20. The van der Waals surface area contributed by atoms with Gasteiger partial charge in [0.05, 0.1) is 0 Å². The van der Waals surface area contributed by atoms with Gasteiger partial charge in [0, 0.05) is 5.41 Å². The minimum Gasteiger partial charge on any atom is -0.490 e. The van der Waals surface area contributed by atoms with Gasteiger partial charge in [-0.15, -0.1) is 0 Å². The molecule has 0 radical (unpaired) electrons. The minimum atomic E-state index is 0.403. The summed E-state index contributed by atoms with van der Waals surface area (Å²) in [6.07, 6.45) is 4.17. The Hall–Kier alpha value is -0.980. The first-order valence-electron chi connectivity index (χ1n) is 6.84. The molecule has 0 bridgehead atoms. The molecule has 1 aromatic carbocycles. The highest BCUT2D eigenvalue weighted by Crippen LogP contribution is 2.52. The zero-order chi connectivity index (χ0) is 12.5. The predicted molar refractivity (Wildman–Crippen MR) is 72.4 cm³/mol. The highest BCUT2D eigenvalue weighted by molar-refractivity contribution is 5.27. The van der Waals surface area contributed by atoms with Crippen LogP contribution in [0.1, 0.15) is 45.6 Å². The maximum Gasteiger partial charge on any atom is 0.119 e.